The van der Waals surface area contributed by atoms with Crippen molar-refractivity contribution in [3.63, 3.8) is 0 Å². The van der Waals surface area contributed by atoms with Gasteiger partial charge in [0.2, 0.25) is 5.89 Å². The van der Waals surface area contributed by atoms with Gasteiger partial charge in [-0.25, -0.2) is 0 Å². The Labute approximate surface area is 110 Å². The number of hydrogen-bond donors (Lipinski definition) is 2. The predicted octanol–water partition coefficient (Wildman–Crippen LogP) is -0.0336. The topological polar surface area (TPSA) is 105 Å². The molecule has 3 aliphatic heterocycles. The highest BCUT2D eigenvalue weighted by Crippen LogP contribution is 2.39. The number of aliphatic carboxylic acids is 1. The highest BCUT2D eigenvalue weighted by Gasteiger charge is 2.48. The molecule has 0 aliphatic carbocycles. The van der Waals surface area contributed by atoms with E-state index in [0.29, 0.717) is 17.6 Å². The number of rotatable bonds is 4. The van der Waals surface area contributed by atoms with Gasteiger partial charge in [-0.3, -0.25) is 4.79 Å². The molecule has 3 aliphatic rings. The van der Waals surface area contributed by atoms with Crippen molar-refractivity contribution in [1.29, 1.82) is 0 Å². The average Bonchev–Trinajstić information content (AvgIpc) is 2.87. The van der Waals surface area contributed by atoms with E-state index >= 15 is 0 Å². The van der Waals surface area contributed by atoms with Crippen molar-refractivity contribution < 1.29 is 14.4 Å². The molecule has 2 bridgehead atoms. The molecule has 1 aromatic rings. The van der Waals surface area contributed by atoms with Crippen LogP contribution in [0.3, 0.4) is 0 Å². The first-order chi connectivity index (χ1) is 9.08. The predicted molar refractivity (Wildman–Crippen MR) is 65.3 cm³/mol. The molecule has 1 atom stereocenters. The van der Waals surface area contributed by atoms with Gasteiger partial charge in [0.1, 0.15) is 0 Å². The summed E-state index contributed by atoms with van der Waals surface area (Å²) in [5.41, 5.74) is 5.95. The number of aryl methyl sites for hydroxylation is 1. The number of fused-ring (bicyclic) bond motifs is 3. The van der Waals surface area contributed by atoms with E-state index in [1.54, 1.807) is 0 Å². The Morgan fingerprint density at radius 1 is 1.53 bits per heavy atom. The first-order valence-corrected chi connectivity index (χ1v) is 6.64. The van der Waals surface area contributed by atoms with Crippen LogP contribution in [-0.2, 0) is 16.8 Å². The fourth-order valence-corrected chi connectivity index (χ4v) is 3.12. The monoisotopic (exact) mass is 266 g/mol. The Morgan fingerprint density at radius 3 is 2.84 bits per heavy atom. The number of carboxylic acids is 1. The van der Waals surface area contributed by atoms with Crippen molar-refractivity contribution in [3.8, 4) is 0 Å². The minimum absolute atomic E-state index is 0.00520. The van der Waals surface area contributed by atoms with Crippen molar-refractivity contribution in [2.24, 2.45) is 11.7 Å². The third-order valence-electron chi connectivity index (χ3n) is 4.24. The largest absolute Gasteiger partial charge is 0.481 e. The molecule has 4 rings (SSSR count). The fourth-order valence-electron chi connectivity index (χ4n) is 3.12. The first kappa shape index (κ1) is 12.6. The van der Waals surface area contributed by atoms with E-state index in [-0.39, 0.29) is 12.8 Å². The minimum atomic E-state index is -0.870. The van der Waals surface area contributed by atoms with Gasteiger partial charge in [-0.1, -0.05) is 5.16 Å². The maximum absolute atomic E-state index is 10.5. The van der Waals surface area contributed by atoms with Crippen LogP contribution in [0.15, 0.2) is 4.52 Å². The number of nitrogens with zero attached hydrogens (tertiary/aromatic N) is 3. The quantitative estimate of drug-likeness (QED) is 0.788. The summed E-state index contributed by atoms with van der Waals surface area (Å²) in [4.78, 5) is 17.2. The van der Waals surface area contributed by atoms with Crippen molar-refractivity contribution in [3.05, 3.63) is 11.7 Å². The molecule has 3 N–H and O–H groups in total. The van der Waals surface area contributed by atoms with Gasteiger partial charge in [0.25, 0.3) is 0 Å². The average molecular weight is 266 g/mol. The van der Waals surface area contributed by atoms with E-state index in [1.807, 2.05) is 0 Å². The molecule has 1 unspecified atom stereocenters. The van der Waals surface area contributed by atoms with E-state index in [2.05, 4.69) is 15.0 Å². The summed E-state index contributed by atoms with van der Waals surface area (Å²) >= 11 is 0. The van der Waals surface area contributed by atoms with E-state index in [0.717, 1.165) is 32.5 Å². The van der Waals surface area contributed by atoms with Gasteiger partial charge in [0, 0.05) is 13.0 Å². The van der Waals surface area contributed by atoms with E-state index in [9.17, 15) is 4.79 Å². The van der Waals surface area contributed by atoms with Gasteiger partial charge in [0.05, 0.1) is 12.0 Å². The zero-order valence-electron chi connectivity index (χ0n) is 10.7. The normalized spacial score (nSPS) is 33.5. The zero-order valence-corrected chi connectivity index (χ0v) is 10.7. The van der Waals surface area contributed by atoms with Crippen molar-refractivity contribution >= 4 is 5.97 Å². The molecular weight excluding hydrogens is 248 g/mol. The number of piperidine rings is 3. The standard InChI is InChI=1S/C12H18N4O3/c13-12(7-16-5-3-8(12)4-6-16)11-14-9(19-15-11)1-2-10(17)18/h8H,1-7,13H2,(H,17,18). The van der Waals surface area contributed by atoms with Crippen molar-refractivity contribution in [2.45, 2.75) is 31.2 Å². The SMILES string of the molecule is NC1(c2noc(CCC(=O)O)n2)CN2CCC1CC2. The molecule has 7 nitrogen and oxygen atoms in total. The van der Waals surface area contributed by atoms with Gasteiger partial charge in [0.15, 0.2) is 5.82 Å². The third-order valence-corrected chi connectivity index (χ3v) is 4.24. The molecule has 3 fully saturated rings. The maximum Gasteiger partial charge on any atom is 0.303 e. The Bertz CT molecular complexity index is 481. The molecule has 0 radical (unpaired) electrons. The second kappa shape index (κ2) is 4.57. The summed E-state index contributed by atoms with van der Waals surface area (Å²) in [5, 5.41) is 12.6. The van der Waals surface area contributed by atoms with Crippen LogP contribution >= 0.6 is 0 Å². The number of hydrogen-bond acceptors (Lipinski definition) is 6. The van der Waals surface area contributed by atoms with Gasteiger partial charge >= 0.3 is 5.97 Å². The van der Waals surface area contributed by atoms with Gasteiger partial charge in [-0.05, 0) is 31.8 Å². The van der Waals surface area contributed by atoms with E-state index < -0.39 is 11.5 Å². The van der Waals surface area contributed by atoms with Crippen LogP contribution in [-0.4, -0.2) is 45.8 Å². The lowest BCUT2D eigenvalue weighted by Gasteiger charge is -2.49. The molecule has 0 aromatic carbocycles. The first-order valence-electron chi connectivity index (χ1n) is 6.64. The van der Waals surface area contributed by atoms with Crippen LogP contribution in [0.2, 0.25) is 0 Å². The van der Waals surface area contributed by atoms with Gasteiger partial charge in [-0.15, -0.1) is 0 Å². The van der Waals surface area contributed by atoms with Crippen LogP contribution in [0, 0.1) is 5.92 Å². The Morgan fingerprint density at radius 2 is 2.26 bits per heavy atom. The lowest BCUT2D eigenvalue weighted by molar-refractivity contribution is -0.137. The van der Waals surface area contributed by atoms with Crippen molar-refractivity contribution in [2.75, 3.05) is 19.6 Å². The molecule has 4 heterocycles. The van der Waals surface area contributed by atoms with Crippen LogP contribution in [0.5, 0.6) is 0 Å². The molecular formula is C12H18N4O3. The highest BCUT2D eigenvalue weighted by molar-refractivity contribution is 5.66. The van der Waals surface area contributed by atoms with Crippen LogP contribution in [0.4, 0.5) is 0 Å². The van der Waals surface area contributed by atoms with Gasteiger partial charge in [-0.2, -0.15) is 4.98 Å². The summed E-state index contributed by atoms with van der Waals surface area (Å²) in [7, 11) is 0. The Hall–Kier alpha value is -1.47. The maximum atomic E-state index is 10.5. The second-order valence-corrected chi connectivity index (χ2v) is 5.50. The zero-order chi connectivity index (χ0) is 13.5. The molecule has 0 saturated carbocycles. The summed E-state index contributed by atoms with van der Waals surface area (Å²) in [6.45, 7) is 2.94. The molecule has 19 heavy (non-hydrogen) atoms. The van der Waals surface area contributed by atoms with E-state index in [1.165, 1.54) is 0 Å². The third kappa shape index (κ3) is 2.23. The minimum Gasteiger partial charge on any atom is -0.481 e. The Balaban J connectivity index is 1.76. The molecule has 0 spiro atoms. The van der Waals surface area contributed by atoms with E-state index in [4.69, 9.17) is 15.4 Å². The number of carbonyl (C=O) groups is 1. The second-order valence-electron chi connectivity index (χ2n) is 5.50. The highest BCUT2D eigenvalue weighted by atomic mass is 16.5. The molecule has 3 saturated heterocycles. The molecule has 7 heteroatoms. The summed E-state index contributed by atoms with van der Waals surface area (Å²) in [5.74, 6) is 0.411. The summed E-state index contributed by atoms with van der Waals surface area (Å²) < 4.78 is 5.12. The van der Waals surface area contributed by atoms with Crippen LogP contribution in [0.1, 0.15) is 31.0 Å². The molecule has 1 aromatic heterocycles. The number of nitrogens with two attached hydrogens (primary N) is 1. The van der Waals surface area contributed by atoms with Crippen LogP contribution < -0.4 is 5.73 Å². The molecule has 104 valence electrons. The molecule has 0 amide bonds. The fraction of sp³-hybridized carbons (Fsp3) is 0.750. The number of carboxylic acid groups (broad SMARTS) is 1. The van der Waals surface area contributed by atoms with Gasteiger partial charge < -0.3 is 20.3 Å². The summed E-state index contributed by atoms with van der Waals surface area (Å²) in [6.07, 6.45) is 2.38. The van der Waals surface area contributed by atoms with Crippen LogP contribution in [0.25, 0.3) is 0 Å². The summed E-state index contributed by atoms with van der Waals surface area (Å²) in [6, 6.07) is 0. The lowest BCUT2D eigenvalue weighted by Crippen LogP contribution is -2.62. The number of aromatic nitrogens is 2. The van der Waals surface area contributed by atoms with Crippen molar-refractivity contribution in [1.82, 2.24) is 15.0 Å². The smallest absolute Gasteiger partial charge is 0.303 e. The lowest BCUT2D eigenvalue weighted by atomic mass is 9.73. The Kier molecular flexibility index (Phi) is 3.02.